The lowest BCUT2D eigenvalue weighted by Gasteiger charge is -2.34. The zero-order chi connectivity index (χ0) is 14.9. The van der Waals surface area contributed by atoms with Gasteiger partial charge in [0.15, 0.2) is 0 Å². The molecule has 4 nitrogen and oxygen atoms in total. The summed E-state index contributed by atoms with van der Waals surface area (Å²) in [5, 5.41) is 0.927. The SMILES string of the molecule is C=CS(=O)(=O)Nc1ccc([C@@H]2CC[C@H]3CCCCN32)cc1. The average Bonchev–Trinajstić information content (AvgIpc) is 2.92. The van der Waals surface area contributed by atoms with E-state index in [0.717, 1.165) is 11.4 Å². The third kappa shape index (κ3) is 3.14. The van der Waals surface area contributed by atoms with E-state index < -0.39 is 10.0 Å². The van der Waals surface area contributed by atoms with Crippen LogP contribution >= 0.6 is 0 Å². The molecular weight excluding hydrogens is 284 g/mol. The van der Waals surface area contributed by atoms with Gasteiger partial charge in [0.25, 0.3) is 10.0 Å². The Labute approximate surface area is 126 Å². The van der Waals surface area contributed by atoms with Gasteiger partial charge in [-0.15, -0.1) is 0 Å². The smallest absolute Gasteiger partial charge is 0.254 e. The van der Waals surface area contributed by atoms with Gasteiger partial charge < -0.3 is 0 Å². The van der Waals surface area contributed by atoms with E-state index >= 15 is 0 Å². The summed E-state index contributed by atoms with van der Waals surface area (Å²) in [6.07, 6.45) is 6.48. The van der Waals surface area contributed by atoms with Crippen molar-refractivity contribution in [3.8, 4) is 0 Å². The number of nitrogens with one attached hydrogen (secondary N) is 1. The minimum Gasteiger partial charge on any atom is -0.293 e. The minimum absolute atomic E-state index is 0.500. The molecule has 3 rings (SSSR count). The van der Waals surface area contributed by atoms with Crippen molar-refractivity contribution in [1.29, 1.82) is 0 Å². The lowest BCUT2D eigenvalue weighted by atomic mass is 10.0. The standard InChI is InChI=1S/C16H22N2O2S/c1-2-21(19,20)17-14-8-6-13(7-9-14)16-11-10-15-5-3-4-12-18(15)16/h2,6-9,15-17H,1,3-5,10-12H2/t15-,16+/m1/s1. The van der Waals surface area contributed by atoms with Crippen molar-refractivity contribution in [3.05, 3.63) is 41.8 Å². The van der Waals surface area contributed by atoms with Crippen LogP contribution in [0.4, 0.5) is 5.69 Å². The summed E-state index contributed by atoms with van der Waals surface area (Å²) in [6.45, 7) is 4.49. The van der Waals surface area contributed by atoms with E-state index in [9.17, 15) is 8.42 Å². The fourth-order valence-corrected chi connectivity index (χ4v) is 4.14. The van der Waals surface area contributed by atoms with Crippen molar-refractivity contribution < 1.29 is 8.42 Å². The highest BCUT2D eigenvalue weighted by Gasteiger charge is 2.35. The van der Waals surface area contributed by atoms with Crippen LogP contribution in [-0.4, -0.2) is 25.9 Å². The van der Waals surface area contributed by atoms with Crippen LogP contribution in [0.2, 0.25) is 0 Å². The van der Waals surface area contributed by atoms with E-state index in [4.69, 9.17) is 0 Å². The Morgan fingerprint density at radius 2 is 1.90 bits per heavy atom. The molecule has 2 heterocycles. The molecule has 0 amide bonds. The number of hydrogen-bond acceptors (Lipinski definition) is 3. The van der Waals surface area contributed by atoms with Gasteiger partial charge in [-0.2, -0.15) is 0 Å². The van der Waals surface area contributed by atoms with E-state index in [1.807, 2.05) is 24.3 Å². The number of sulfonamides is 1. The number of benzene rings is 1. The molecule has 0 radical (unpaired) electrons. The molecule has 114 valence electrons. The number of piperidine rings is 1. The maximum Gasteiger partial charge on any atom is 0.254 e. The Hall–Kier alpha value is -1.33. The van der Waals surface area contributed by atoms with Gasteiger partial charge in [0.1, 0.15) is 0 Å². The van der Waals surface area contributed by atoms with Gasteiger partial charge in [0, 0.05) is 23.2 Å². The van der Waals surface area contributed by atoms with E-state index in [2.05, 4.69) is 16.2 Å². The van der Waals surface area contributed by atoms with Crippen LogP contribution in [0.1, 0.15) is 43.7 Å². The number of fused-ring (bicyclic) bond motifs is 1. The molecule has 0 bridgehead atoms. The predicted molar refractivity (Wildman–Crippen MR) is 85.5 cm³/mol. The van der Waals surface area contributed by atoms with Crippen molar-refractivity contribution in [2.45, 2.75) is 44.2 Å². The highest BCUT2D eigenvalue weighted by molar-refractivity contribution is 7.95. The summed E-state index contributed by atoms with van der Waals surface area (Å²) >= 11 is 0. The van der Waals surface area contributed by atoms with Crippen LogP contribution in [0.25, 0.3) is 0 Å². The Bertz CT molecular complexity index is 610. The van der Waals surface area contributed by atoms with E-state index in [1.54, 1.807) is 0 Å². The highest BCUT2D eigenvalue weighted by atomic mass is 32.2. The molecule has 2 fully saturated rings. The van der Waals surface area contributed by atoms with Gasteiger partial charge in [-0.1, -0.05) is 25.1 Å². The molecule has 1 aromatic rings. The van der Waals surface area contributed by atoms with E-state index in [1.165, 1.54) is 44.2 Å². The second-order valence-corrected chi connectivity index (χ2v) is 7.54. The Morgan fingerprint density at radius 3 is 2.62 bits per heavy atom. The lowest BCUT2D eigenvalue weighted by Crippen LogP contribution is -2.35. The first-order valence-corrected chi connectivity index (χ1v) is 9.15. The predicted octanol–water partition coefficient (Wildman–Crippen LogP) is 3.26. The zero-order valence-corrected chi connectivity index (χ0v) is 13.0. The van der Waals surface area contributed by atoms with E-state index in [-0.39, 0.29) is 0 Å². The second-order valence-electron chi connectivity index (χ2n) is 5.92. The van der Waals surface area contributed by atoms with E-state index in [0.29, 0.717) is 11.7 Å². The van der Waals surface area contributed by atoms with Crippen molar-refractivity contribution in [3.63, 3.8) is 0 Å². The van der Waals surface area contributed by atoms with Crippen molar-refractivity contribution >= 4 is 15.7 Å². The van der Waals surface area contributed by atoms with Gasteiger partial charge in [0.2, 0.25) is 0 Å². The van der Waals surface area contributed by atoms with Crippen LogP contribution in [0.3, 0.4) is 0 Å². The molecule has 5 heteroatoms. The Morgan fingerprint density at radius 1 is 1.14 bits per heavy atom. The molecule has 0 spiro atoms. The molecule has 2 atom stereocenters. The van der Waals surface area contributed by atoms with Crippen LogP contribution in [0, 0.1) is 0 Å². The average molecular weight is 306 g/mol. The molecule has 0 aliphatic carbocycles. The van der Waals surface area contributed by atoms with Crippen molar-refractivity contribution in [2.24, 2.45) is 0 Å². The number of rotatable bonds is 4. The number of nitrogens with zero attached hydrogens (tertiary/aromatic N) is 1. The van der Waals surface area contributed by atoms with Crippen molar-refractivity contribution in [1.82, 2.24) is 4.90 Å². The second kappa shape index (κ2) is 5.81. The summed E-state index contributed by atoms with van der Waals surface area (Å²) in [5.41, 5.74) is 1.88. The quantitative estimate of drug-likeness (QED) is 0.929. The summed E-state index contributed by atoms with van der Waals surface area (Å²) in [5.74, 6) is 0. The van der Waals surface area contributed by atoms with Gasteiger partial charge in [-0.05, 0) is 49.9 Å². The van der Waals surface area contributed by atoms with Crippen LogP contribution in [0.5, 0.6) is 0 Å². The summed E-state index contributed by atoms with van der Waals surface area (Å²) in [7, 11) is -3.42. The number of hydrogen-bond donors (Lipinski definition) is 1. The maximum absolute atomic E-state index is 11.5. The molecule has 2 saturated heterocycles. The van der Waals surface area contributed by atoms with Crippen molar-refractivity contribution in [2.75, 3.05) is 11.3 Å². The van der Waals surface area contributed by atoms with Gasteiger partial charge >= 0.3 is 0 Å². The summed E-state index contributed by atoms with van der Waals surface area (Å²) in [4.78, 5) is 2.63. The van der Waals surface area contributed by atoms with Gasteiger partial charge in [-0.3, -0.25) is 9.62 Å². The monoisotopic (exact) mass is 306 g/mol. The Balaban J connectivity index is 1.74. The molecule has 21 heavy (non-hydrogen) atoms. The normalized spacial score (nSPS) is 26.3. The molecular formula is C16H22N2O2S. The van der Waals surface area contributed by atoms with Crippen LogP contribution in [0.15, 0.2) is 36.3 Å². The third-order valence-corrected chi connectivity index (χ3v) is 5.58. The Kier molecular flexibility index (Phi) is 4.04. The third-order valence-electron chi connectivity index (χ3n) is 4.62. The largest absolute Gasteiger partial charge is 0.293 e. The fraction of sp³-hybridized carbons (Fsp3) is 0.500. The molecule has 1 N–H and O–H groups in total. The minimum atomic E-state index is -3.42. The first kappa shape index (κ1) is 14.6. The molecule has 0 saturated carbocycles. The number of anilines is 1. The first-order valence-electron chi connectivity index (χ1n) is 7.60. The zero-order valence-electron chi connectivity index (χ0n) is 12.2. The molecule has 2 aliphatic rings. The molecule has 0 aromatic heterocycles. The molecule has 1 aromatic carbocycles. The fourth-order valence-electron chi connectivity index (χ4n) is 3.60. The first-order chi connectivity index (χ1) is 10.1. The van der Waals surface area contributed by atoms with Gasteiger partial charge in [-0.25, -0.2) is 8.42 Å². The lowest BCUT2D eigenvalue weighted by molar-refractivity contribution is 0.150. The topological polar surface area (TPSA) is 49.4 Å². The highest BCUT2D eigenvalue weighted by Crippen LogP contribution is 2.40. The molecule has 0 unspecified atom stereocenters. The van der Waals surface area contributed by atoms with Crippen LogP contribution < -0.4 is 4.72 Å². The summed E-state index contributed by atoms with van der Waals surface area (Å²) in [6, 6.07) is 9.02. The van der Waals surface area contributed by atoms with Gasteiger partial charge in [0.05, 0.1) is 0 Å². The van der Waals surface area contributed by atoms with Crippen LogP contribution in [-0.2, 0) is 10.0 Å². The molecule has 2 aliphatic heterocycles. The summed E-state index contributed by atoms with van der Waals surface area (Å²) < 4.78 is 25.4. The maximum atomic E-state index is 11.5.